The predicted molar refractivity (Wildman–Crippen MR) is 245 cm³/mol. The Morgan fingerprint density at radius 3 is 0.450 bits per heavy atom. The largest absolute Gasteiger partial charge is 0.535 e. The van der Waals surface area contributed by atoms with Gasteiger partial charge in [-0.2, -0.15) is 0 Å². The van der Waals surface area contributed by atoms with Gasteiger partial charge < -0.3 is 26.6 Å². The van der Waals surface area contributed by atoms with Crippen molar-refractivity contribution in [3.05, 3.63) is 182 Å². The van der Waals surface area contributed by atoms with Crippen LogP contribution in [0.3, 0.4) is 0 Å². The first-order chi connectivity index (χ1) is 29.6. The van der Waals surface area contributed by atoms with E-state index in [0.717, 1.165) is 64.5 Å². The van der Waals surface area contributed by atoms with Crippen molar-refractivity contribution in [3.8, 4) is 67.9 Å². The number of hydrogen-bond donors (Lipinski definition) is 0. The molecule has 0 N–H and O–H groups in total. The van der Waals surface area contributed by atoms with E-state index < -0.39 is 0 Å². The molecule has 0 aliphatic carbocycles. The normalized spacial score (nSPS) is 13.4. The van der Waals surface area contributed by atoms with Gasteiger partial charge in [0.25, 0.3) is 0 Å². The van der Waals surface area contributed by atoms with Gasteiger partial charge in [0.05, 0.1) is 0 Å². The molecule has 0 atom stereocenters. The number of hydrogen-bond acceptors (Lipinski definition) is 6. The second-order valence-corrected chi connectivity index (χ2v) is 19.9. The molecule has 6 nitrogen and oxygen atoms in total. The lowest BCUT2D eigenvalue weighted by molar-refractivity contribution is 0.551. The smallest absolute Gasteiger partial charge is 0.351 e. The van der Waals surface area contributed by atoms with Gasteiger partial charge in [0.15, 0.2) is 0 Å². The monoisotopic (exact) mass is 870 g/mol. The third-order valence-corrected chi connectivity index (χ3v) is 15.2. The zero-order valence-corrected chi connectivity index (χ0v) is 37.8. The molecule has 0 aromatic heterocycles. The number of rotatable bonds is 0. The van der Waals surface area contributed by atoms with Gasteiger partial charge in [0.2, 0.25) is 0 Å². The highest BCUT2D eigenvalue weighted by Crippen LogP contribution is 2.30. The minimum atomic E-state index is 0.0974. The van der Waals surface area contributed by atoms with Crippen molar-refractivity contribution in [2.24, 2.45) is 0 Å². The second-order valence-electron chi connectivity index (χ2n) is 14.0. The first kappa shape index (κ1) is 38.1. The molecule has 12 heteroatoms. The van der Waals surface area contributed by atoms with Crippen LogP contribution in [0.4, 0.5) is 0 Å². The van der Waals surface area contributed by atoms with Crippen LogP contribution >= 0.6 is 0 Å². The van der Waals surface area contributed by atoms with Gasteiger partial charge in [-0.3, -0.25) is 0 Å². The molecular weight excluding hydrogens is 841 g/mol. The molecule has 282 valence electrons. The van der Waals surface area contributed by atoms with E-state index in [1.54, 1.807) is 0 Å². The molecule has 12 radical (unpaired) electrons. The average molecular weight is 871 g/mol. The summed E-state index contributed by atoms with van der Waals surface area (Å²) in [5.74, 6) is 4.14. The zero-order valence-electron chi connectivity index (χ0n) is 31.8. The zero-order chi connectivity index (χ0) is 40.1. The highest BCUT2D eigenvalue weighted by Gasteiger charge is 2.13. The Kier molecular flexibility index (Phi) is 11.2. The van der Waals surface area contributed by atoms with Crippen molar-refractivity contribution >= 4 is 89.7 Å². The Morgan fingerprint density at radius 2 is 0.317 bits per heavy atom. The molecule has 29 rings (SSSR count). The predicted octanol–water partition coefficient (Wildman–Crippen LogP) is 5.26. The van der Waals surface area contributed by atoms with Gasteiger partial charge in [-0.25, -0.2) is 0 Å². The van der Waals surface area contributed by atoms with Gasteiger partial charge in [-0.05, 0) is 64.5 Å². The van der Waals surface area contributed by atoms with E-state index in [4.69, 9.17) is 26.6 Å². The van der Waals surface area contributed by atoms with Crippen LogP contribution < -0.4 is 57.7 Å². The topological polar surface area (TPSA) is 55.4 Å². The van der Waals surface area contributed by atoms with Crippen molar-refractivity contribution in [3.63, 3.8) is 0 Å². The highest BCUT2D eigenvalue weighted by atomic mass is 28.2. The maximum Gasteiger partial charge on any atom is 0.351 e. The fourth-order valence-electron chi connectivity index (χ4n) is 6.54. The van der Waals surface area contributed by atoms with Crippen molar-refractivity contribution in [1.29, 1.82) is 0 Å². The average Bonchev–Trinajstić information content (AvgIpc) is 3.30. The van der Waals surface area contributed by atoms with Crippen LogP contribution in [0, 0.1) is 0 Å². The molecule has 0 saturated heterocycles. The lowest BCUT2D eigenvalue weighted by Gasteiger charge is -2.14. The van der Waals surface area contributed by atoms with Crippen molar-refractivity contribution in [1.82, 2.24) is 0 Å². The molecule has 18 bridgehead atoms. The molecule has 8 aromatic carbocycles. The molecule has 21 aliphatic heterocycles. The van der Waals surface area contributed by atoms with Crippen LogP contribution in [0.2, 0.25) is 0 Å². The molecule has 0 amide bonds. The Bertz CT molecular complexity index is 2210. The van der Waals surface area contributed by atoms with Crippen LogP contribution in [0.1, 0.15) is 0 Å². The van der Waals surface area contributed by atoms with Crippen LogP contribution in [0.15, 0.2) is 182 Å². The molecule has 21 heterocycles. The van der Waals surface area contributed by atoms with Gasteiger partial charge in [0, 0.05) is 36.4 Å². The first-order valence-corrected chi connectivity index (χ1v) is 24.5. The van der Waals surface area contributed by atoms with E-state index in [2.05, 4.69) is 146 Å². The Balaban J connectivity index is 1.03. The quantitative estimate of drug-likeness (QED) is 0.194. The van der Waals surface area contributed by atoms with Gasteiger partial charge in [-0.1, -0.05) is 146 Å². The van der Waals surface area contributed by atoms with Crippen LogP contribution in [0.5, 0.6) is 34.5 Å². The molecule has 0 unspecified atom stereocenters. The SMILES string of the molecule is c1c2cc3cc1O[Si]c1ccc(cc1)-c1ccc(cc1)[Si]Oc1cc(cc(c1)O[Si]c1ccc(cc1)-c1ccc(cc1)[Si]O3)O[Si]c1ccc(cc1)-c1ccc(cc1)[Si]O2. The van der Waals surface area contributed by atoms with E-state index in [0.29, 0.717) is 34.5 Å². The van der Waals surface area contributed by atoms with E-state index in [1.165, 1.54) is 0 Å². The molecular formula is C48H30O6Si6. The molecule has 8 aromatic rings. The fourth-order valence-corrected chi connectivity index (χ4v) is 10.5. The second kappa shape index (κ2) is 17.6. The van der Waals surface area contributed by atoms with Gasteiger partial charge >= 0.3 is 58.6 Å². The lowest BCUT2D eigenvalue weighted by atomic mass is 10.1. The Morgan fingerprint density at radius 1 is 0.183 bits per heavy atom. The summed E-state index contributed by atoms with van der Waals surface area (Å²) >= 11 is 0. The van der Waals surface area contributed by atoms with Crippen molar-refractivity contribution in [2.75, 3.05) is 0 Å². The summed E-state index contributed by atoms with van der Waals surface area (Å²) in [5, 5.41) is 6.51. The van der Waals surface area contributed by atoms with E-state index in [1.807, 2.05) is 36.4 Å². The maximum atomic E-state index is 6.42. The summed E-state index contributed by atoms with van der Waals surface area (Å²) < 4.78 is 38.5. The molecule has 60 heavy (non-hydrogen) atoms. The summed E-state index contributed by atoms with van der Waals surface area (Å²) in [4.78, 5) is 0. The molecule has 0 spiro atoms. The summed E-state index contributed by atoms with van der Waals surface area (Å²) in [7, 11) is 0.584. The standard InChI is InChI=1S/C48H30O6Si6/c1-13-43-14-2-31(1)32-3-15-44(16-4-32)56-50-40-28-41-30-42(29-40)54-60-48-23-11-36(12-24-48)34-7-19-46(20-8-34)58-52-39-26-37(49-55-43)25-38(27-39)51-57-45-17-5-33(6-18-45)35-9-21-47(22-10-35)59-53-41/h1-30H. The van der Waals surface area contributed by atoms with Crippen molar-refractivity contribution < 1.29 is 26.6 Å². The Hall–Kier alpha value is -6.14. The highest BCUT2D eigenvalue weighted by molar-refractivity contribution is 6.50. The van der Waals surface area contributed by atoms with Crippen LogP contribution in [-0.2, 0) is 0 Å². The summed E-state index contributed by atoms with van der Waals surface area (Å²) in [6.07, 6.45) is 0. The number of benzene rings is 8. The summed E-state index contributed by atoms with van der Waals surface area (Å²) in [6, 6.07) is 62.8. The minimum Gasteiger partial charge on any atom is -0.535 e. The fraction of sp³-hybridized carbons (Fsp3) is 0. The first-order valence-electron chi connectivity index (χ1n) is 19.1. The molecule has 0 fully saturated rings. The Labute approximate surface area is 364 Å². The molecule has 21 aliphatic rings. The van der Waals surface area contributed by atoms with Gasteiger partial charge in [0.1, 0.15) is 34.5 Å². The van der Waals surface area contributed by atoms with E-state index >= 15 is 0 Å². The van der Waals surface area contributed by atoms with Crippen LogP contribution in [-0.4, -0.2) is 58.6 Å². The van der Waals surface area contributed by atoms with E-state index in [-0.39, 0.29) is 58.6 Å². The maximum absolute atomic E-state index is 6.42. The third-order valence-electron chi connectivity index (χ3n) is 9.74. The summed E-state index contributed by atoms with van der Waals surface area (Å²) in [5.41, 5.74) is 6.78. The lowest BCUT2D eigenvalue weighted by Crippen LogP contribution is -2.22. The van der Waals surface area contributed by atoms with Gasteiger partial charge in [-0.15, -0.1) is 0 Å². The summed E-state index contributed by atoms with van der Waals surface area (Å²) in [6.45, 7) is 0. The third kappa shape index (κ3) is 9.34. The van der Waals surface area contributed by atoms with E-state index in [9.17, 15) is 0 Å². The molecule has 0 saturated carbocycles. The van der Waals surface area contributed by atoms with Crippen molar-refractivity contribution in [2.45, 2.75) is 0 Å². The minimum absolute atomic E-state index is 0.0974. The van der Waals surface area contributed by atoms with Crippen LogP contribution in [0.25, 0.3) is 33.4 Å².